The van der Waals surface area contributed by atoms with Crippen molar-refractivity contribution in [2.45, 2.75) is 19.9 Å². The van der Waals surface area contributed by atoms with Gasteiger partial charge in [0.25, 0.3) is 0 Å². The van der Waals surface area contributed by atoms with E-state index in [4.69, 9.17) is 9.84 Å². The number of aliphatic hydroxyl groups is 1. The highest BCUT2D eigenvalue weighted by atomic mass is 16.5. The Labute approximate surface area is 91.1 Å². The predicted octanol–water partition coefficient (Wildman–Crippen LogP) is 1.34. The SMILES string of the molecule is CCc1cc(CNCCO)ccc1OC. The lowest BCUT2D eigenvalue weighted by Gasteiger charge is -2.09. The maximum absolute atomic E-state index is 8.64. The van der Waals surface area contributed by atoms with E-state index in [1.807, 2.05) is 12.1 Å². The van der Waals surface area contributed by atoms with Crippen LogP contribution in [0.3, 0.4) is 0 Å². The number of rotatable bonds is 6. The highest BCUT2D eigenvalue weighted by molar-refractivity contribution is 5.37. The molecule has 0 aliphatic rings. The van der Waals surface area contributed by atoms with Gasteiger partial charge in [0.2, 0.25) is 0 Å². The molecule has 84 valence electrons. The van der Waals surface area contributed by atoms with E-state index in [1.54, 1.807) is 7.11 Å². The number of ether oxygens (including phenoxy) is 1. The molecule has 0 saturated heterocycles. The van der Waals surface area contributed by atoms with Crippen LogP contribution in [0, 0.1) is 0 Å². The molecule has 3 nitrogen and oxygen atoms in total. The molecule has 2 N–H and O–H groups in total. The first-order valence-corrected chi connectivity index (χ1v) is 5.29. The minimum absolute atomic E-state index is 0.177. The number of aryl methyl sites for hydroxylation is 1. The van der Waals surface area contributed by atoms with Crippen molar-refractivity contribution in [1.82, 2.24) is 5.32 Å². The van der Waals surface area contributed by atoms with Crippen molar-refractivity contribution in [3.63, 3.8) is 0 Å². The standard InChI is InChI=1S/C12H19NO2/c1-3-11-8-10(9-13-6-7-14)4-5-12(11)15-2/h4-5,8,13-14H,3,6-7,9H2,1-2H3. The monoisotopic (exact) mass is 209 g/mol. The molecule has 0 aromatic heterocycles. The minimum atomic E-state index is 0.177. The zero-order valence-electron chi connectivity index (χ0n) is 9.42. The van der Waals surface area contributed by atoms with Crippen LogP contribution in [0.25, 0.3) is 0 Å². The Balaban J connectivity index is 2.66. The summed E-state index contributed by atoms with van der Waals surface area (Å²) in [5, 5.41) is 11.8. The molecule has 0 radical (unpaired) electrons. The third-order valence-corrected chi connectivity index (χ3v) is 2.34. The van der Waals surface area contributed by atoms with Gasteiger partial charge in [0.1, 0.15) is 5.75 Å². The second-order valence-corrected chi connectivity index (χ2v) is 3.40. The van der Waals surface area contributed by atoms with Gasteiger partial charge in [-0.25, -0.2) is 0 Å². The fourth-order valence-corrected chi connectivity index (χ4v) is 1.53. The Bertz CT molecular complexity index is 300. The molecule has 0 amide bonds. The van der Waals surface area contributed by atoms with E-state index in [-0.39, 0.29) is 6.61 Å². The average Bonchev–Trinajstić information content (AvgIpc) is 2.29. The minimum Gasteiger partial charge on any atom is -0.496 e. The Kier molecular flexibility index (Phi) is 5.15. The Morgan fingerprint density at radius 2 is 2.20 bits per heavy atom. The van der Waals surface area contributed by atoms with Crippen molar-refractivity contribution in [2.75, 3.05) is 20.3 Å². The first-order valence-electron chi connectivity index (χ1n) is 5.29. The molecule has 0 heterocycles. The molecular weight excluding hydrogens is 190 g/mol. The summed E-state index contributed by atoms with van der Waals surface area (Å²) in [5.74, 6) is 0.948. The maximum Gasteiger partial charge on any atom is 0.122 e. The fraction of sp³-hybridized carbons (Fsp3) is 0.500. The number of aliphatic hydroxyl groups excluding tert-OH is 1. The Morgan fingerprint density at radius 3 is 2.80 bits per heavy atom. The van der Waals surface area contributed by atoms with Gasteiger partial charge < -0.3 is 15.2 Å². The Morgan fingerprint density at radius 1 is 1.40 bits per heavy atom. The largest absolute Gasteiger partial charge is 0.496 e. The first kappa shape index (κ1) is 12.0. The fourth-order valence-electron chi connectivity index (χ4n) is 1.53. The molecule has 0 bridgehead atoms. The topological polar surface area (TPSA) is 41.5 Å². The number of hydrogen-bond acceptors (Lipinski definition) is 3. The summed E-state index contributed by atoms with van der Waals surface area (Å²) in [4.78, 5) is 0. The summed E-state index contributed by atoms with van der Waals surface area (Å²) in [6.45, 7) is 3.71. The van der Waals surface area contributed by atoms with Crippen molar-refractivity contribution >= 4 is 0 Å². The molecule has 0 saturated carbocycles. The van der Waals surface area contributed by atoms with E-state index < -0.39 is 0 Å². The summed E-state index contributed by atoms with van der Waals surface area (Å²) in [5.41, 5.74) is 2.45. The molecule has 0 fully saturated rings. The summed E-state index contributed by atoms with van der Waals surface area (Å²) in [6, 6.07) is 6.18. The van der Waals surface area contributed by atoms with Crippen LogP contribution in [0.15, 0.2) is 18.2 Å². The summed E-state index contributed by atoms with van der Waals surface area (Å²) >= 11 is 0. The molecule has 1 rings (SSSR count). The second-order valence-electron chi connectivity index (χ2n) is 3.40. The summed E-state index contributed by atoms with van der Waals surface area (Å²) in [6.07, 6.45) is 0.969. The molecule has 1 aromatic rings. The van der Waals surface area contributed by atoms with Gasteiger partial charge in [-0.15, -0.1) is 0 Å². The lowest BCUT2D eigenvalue weighted by Crippen LogP contribution is -2.17. The number of methoxy groups -OCH3 is 1. The van der Waals surface area contributed by atoms with Gasteiger partial charge in [-0.2, -0.15) is 0 Å². The van der Waals surface area contributed by atoms with Crippen LogP contribution in [0.4, 0.5) is 0 Å². The van der Waals surface area contributed by atoms with Crippen LogP contribution in [-0.2, 0) is 13.0 Å². The van der Waals surface area contributed by atoms with Gasteiger partial charge in [0.05, 0.1) is 13.7 Å². The lowest BCUT2D eigenvalue weighted by atomic mass is 10.1. The van der Waals surface area contributed by atoms with Gasteiger partial charge >= 0.3 is 0 Å². The molecule has 0 aliphatic carbocycles. The molecule has 0 atom stereocenters. The summed E-state index contributed by atoms with van der Waals surface area (Å²) in [7, 11) is 1.69. The van der Waals surface area contributed by atoms with Crippen molar-refractivity contribution in [1.29, 1.82) is 0 Å². The van der Waals surface area contributed by atoms with E-state index >= 15 is 0 Å². The van der Waals surface area contributed by atoms with Crippen LogP contribution in [0.5, 0.6) is 5.75 Å². The van der Waals surface area contributed by atoms with Crippen LogP contribution in [0.2, 0.25) is 0 Å². The second kappa shape index (κ2) is 6.43. The maximum atomic E-state index is 8.64. The molecular formula is C12H19NO2. The van der Waals surface area contributed by atoms with Crippen LogP contribution in [0.1, 0.15) is 18.1 Å². The molecule has 3 heteroatoms. The molecule has 0 unspecified atom stereocenters. The zero-order valence-corrected chi connectivity index (χ0v) is 9.42. The smallest absolute Gasteiger partial charge is 0.122 e. The van der Waals surface area contributed by atoms with Gasteiger partial charge in [0, 0.05) is 13.1 Å². The van der Waals surface area contributed by atoms with E-state index in [2.05, 4.69) is 18.3 Å². The van der Waals surface area contributed by atoms with Crippen molar-refractivity contribution in [3.8, 4) is 5.75 Å². The van der Waals surface area contributed by atoms with Gasteiger partial charge in [-0.1, -0.05) is 19.1 Å². The van der Waals surface area contributed by atoms with E-state index in [0.717, 1.165) is 18.7 Å². The van der Waals surface area contributed by atoms with Crippen molar-refractivity contribution in [3.05, 3.63) is 29.3 Å². The molecule has 0 spiro atoms. The van der Waals surface area contributed by atoms with Crippen LogP contribution >= 0.6 is 0 Å². The number of nitrogens with one attached hydrogen (secondary N) is 1. The zero-order chi connectivity index (χ0) is 11.1. The predicted molar refractivity (Wildman–Crippen MR) is 61.2 cm³/mol. The normalized spacial score (nSPS) is 10.3. The van der Waals surface area contributed by atoms with E-state index in [0.29, 0.717) is 6.54 Å². The highest BCUT2D eigenvalue weighted by Gasteiger charge is 2.01. The first-order chi connectivity index (χ1) is 7.31. The average molecular weight is 209 g/mol. The quantitative estimate of drug-likeness (QED) is 0.695. The third-order valence-electron chi connectivity index (χ3n) is 2.34. The van der Waals surface area contributed by atoms with Crippen LogP contribution in [-0.4, -0.2) is 25.4 Å². The van der Waals surface area contributed by atoms with E-state index in [9.17, 15) is 0 Å². The third kappa shape index (κ3) is 3.53. The van der Waals surface area contributed by atoms with Gasteiger partial charge in [0.15, 0.2) is 0 Å². The van der Waals surface area contributed by atoms with E-state index in [1.165, 1.54) is 11.1 Å². The summed E-state index contributed by atoms with van der Waals surface area (Å²) < 4.78 is 5.26. The molecule has 15 heavy (non-hydrogen) atoms. The Hall–Kier alpha value is -1.06. The molecule has 0 aliphatic heterocycles. The number of hydrogen-bond donors (Lipinski definition) is 2. The van der Waals surface area contributed by atoms with Crippen LogP contribution < -0.4 is 10.1 Å². The number of benzene rings is 1. The highest BCUT2D eigenvalue weighted by Crippen LogP contribution is 2.20. The molecule has 1 aromatic carbocycles. The van der Waals surface area contributed by atoms with Crippen molar-refractivity contribution < 1.29 is 9.84 Å². The van der Waals surface area contributed by atoms with Gasteiger partial charge in [-0.3, -0.25) is 0 Å². The lowest BCUT2D eigenvalue weighted by molar-refractivity contribution is 0.292. The van der Waals surface area contributed by atoms with Crippen molar-refractivity contribution in [2.24, 2.45) is 0 Å². The van der Waals surface area contributed by atoms with Gasteiger partial charge in [-0.05, 0) is 23.6 Å².